The molecular weight excluding hydrogens is 340 g/mol. The maximum Gasteiger partial charge on any atom is 0.251 e. The van der Waals surface area contributed by atoms with Gasteiger partial charge in [-0.25, -0.2) is 0 Å². The van der Waals surface area contributed by atoms with E-state index in [4.69, 9.17) is 21.4 Å². The second-order valence-electron chi connectivity index (χ2n) is 6.98. The quantitative estimate of drug-likeness (QED) is 0.812. The number of likely N-dealkylation sites (tertiary alicyclic amines) is 1. The maximum atomic E-state index is 12.3. The van der Waals surface area contributed by atoms with Gasteiger partial charge in [0.25, 0.3) is 5.91 Å². The van der Waals surface area contributed by atoms with E-state index in [1.807, 2.05) is 0 Å². The summed E-state index contributed by atoms with van der Waals surface area (Å²) in [5.41, 5.74) is 0.585. The van der Waals surface area contributed by atoms with Gasteiger partial charge in [0.1, 0.15) is 11.9 Å². The molecule has 2 N–H and O–H groups in total. The van der Waals surface area contributed by atoms with E-state index in [-0.39, 0.29) is 18.6 Å². The summed E-state index contributed by atoms with van der Waals surface area (Å²) >= 11 is 6.34. The van der Waals surface area contributed by atoms with Gasteiger partial charge in [-0.1, -0.05) is 24.4 Å². The summed E-state index contributed by atoms with van der Waals surface area (Å²) in [5, 5.41) is 12.6. The fourth-order valence-electron chi connectivity index (χ4n) is 3.65. The minimum absolute atomic E-state index is 0.0577. The molecule has 0 bridgehead atoms. The molecule has 0 spiro atoms. The van der Waals surface area contributed by atoms with Gasteiger partial charge in [-0.2, -0.15) is 0 Å². The van der Waals surface area contributed by atoms with E-state index in [9.17, 15) is 4.79 Å². The molecule has 1 saturated carbocycles. The minimum Gasteiger partial charge on any atom is -0.489 e. The second-order valence-corrected chi connectivity index (χ2v) is 7.39. The first kappa shape index (κ1) is 18.5. The fraction of sp³-hybridized carbons (Fsp3) is 0.632. The van der Waals surface area contributed by atoms with Crippen molar-refractivity contribution in [2.45, 2.75) is 50.7 Å². The number of aliphatic hydroxyl groups is 1. The minimum atomic E-state index is -0.0577. The number of piperidine rings is 1. The van der Waals surface area contributed by atoms with Crippen molar-refractivity contribution >= 4 is 17.5 Å². The van der Waals surface area contributed by atoms with Crippen molar-refractivity contribution in [3.05, 3.63) is 28.8 Å². The van der Waals surface area contributed by atoms with Gasteiger partial charge in [-0.15, -0.1) is 0 Å². The largest absolute Gasteiger partial charge is 0.489 e. The van der Waals surface area contributed by atoms with Crippen LogP contribution in [0.25, 0.3) is 0 Å². The molecule has 1 aromatic rings. The van der Waals surface area contributed by atoms with Crippen LogP contribution in [-0.4, -0.2) is 54.3 Å². The number of carbonyl (C=O) groups is 1. The van der Waals surface area contributed by atoms with E-state index in [1.165, 1.54) is 12.8 Å². The van der Waals surface area contributed by atoms with Gasteiger partial charge >= 0.3 is 0 Å². The summed E-state index contributed by atoms with van der Waals surface area (Å²) in [7, 11) is 0. The summed E-state index contributed by atoms with van der Waals surface area (Å²) in [6.07, 6.45) is 6.47. The molecule has 1 aliphatic heterocycles. The zero-order chi connectivity index (χ0) is 17.6. The number of rotatable bonds is 6. The first-order chi connectivity index (χ1) is 12.2. The van der Waals surface area contributed by atoms with Crippen molar-refractivity contribution in [2.75, 3.05) is 26.2 Å². The molecule has 0 atom stereocenters. The van der Waals surface area contributed by atoms with Gasteiger partial charge in [-0.3, -0.25) is 4.79 Å². The molecule has 1 aromatic carbocycles. The Morgan fingerprint density at radius 2 is 1.96 bits per heavy atom. The predicted molar refractivity (Wildman–Crippen MR) is 98.4 cm³/mol. The molecule has 2 fully saturated rings. The number of β-amino-alcohol motifs (C(OH)–C–C–N with tert-alkyl or cyclic N) is 1. The molecule has 2 aliphatic rings. The van der Waals surface area contributed by atoms with E-state index in [1.54, 1.807) is 18.2 Å². The van der Waals surface area contributed by atoms with Crippen LogP contribution in [0.1, 0.15) is 48.9 Å². The number of halogens is 1. The lowest BCUT2D eigenvalue weighted by Crippen LogP contribution is -2.39. The molecule has 5 nitrogen and oxygen atoms in total. The van der Waals surface area contributed by atoms with Crippen LogP contribution in [0.3, 0.4) is 0 Å². The molecule has 6 heteroatoms. The predicted octanol–water partition coefficient (Wildman–Crippen LogP) is 2.85. The second kappa shape index (κ2) is 8.88. The fourth-order valence-corrected chi connectivity index (χ4v) is 3.87. The number of ether oxygens (including phenoxy) is 1. The molecule has 1 saturated heterocycles. The summed E-state index contributed by atoms with van der Waals surface area (Å²) in [4.78, 5) is 14.5. The lowest BCUT2D eigenvalue weighted by atomic mass is 10.1. The van der Waals surface area contributed by atoms with Gasteiger partial charge in [0, 0.05) is 31.2 Å². The van der Waals surface area contributed by atoms with Gasteiger partial charge in [-0.05, 0) is 43.9 Å². The monoisotopic (exact) mass is 366 g/mol. The van der Waals surface area contributed by atoms with E-state index in [0.29, 0.717) is 22.4 Å². The number of carbonyl (C=O) groups excluding carboxylic acids is 1. The highest BCUT2D eigenvalue weighted by Gasteiger charge is 2.22. The van der Waals surface area contributed by atoms with Gasteiger partial charge in [0.05, 0.1) is 11.6 Å². The van der Waals surface area contributed by atoms with Gasteiger partial charge in [0.2, 0.25) is 0 Å². The maximum absolute atomic E-state index is 12.3. The van der Waals surface area contributed by atoms with Crippen LogP contribution in [0.5, 0.6) is 5.75 Å². The smallest absolute Gasteiger partial charge is 0.251 e. The van der Waals surface area contributed by atoms with E-state index in [0.717, 1.165) is 45.3 Å². The third-order valence-electron chi connectivity index (χ3n) is 5.13. The topological polar surface area (TPSA) is 61.8 Å². The van der Waals surface area contributed by atoms with Crippen molar-refractivity contribution in [1.29, 1.82) is 0 Å². The molecule has 0 aromatic heterocycles. The van der Waals surface area contributed by atoms with E-state index >= 15 is 0 Å². The van der Waals surface area contributed by atoms with E-state index in [2.05, 4.69) is 10.2 Å². The highest BCUT2D eigenvalue weighted by atomic mass is 35.5. The Labute approximate surface area is 154 Å². The van der Waals surface area contributed by atoms with Crippen molar-refractivity contribution in [3.8, 4) is 5.75 Å². The highest BCUT2D eigenvalue weighted by Crippen LogP contribution is 2.29. The molecule has 1 amide bonds. The number of hydrogen-bond acceptors (Lipinski definition) is 4. The average Bonchev–Trinajstić information content (AvgIpc) is 3.11. The van der Waals surface area contributed by atoms with Crippen LogP contribution >= 0.6 is 11.6 Å². The lowest BCUT2D eigenvalue weighted by molar-refractivity contribution is 0.0888. The van der Waals surface area contributed by atoms with Crippen LogP contribution in [0.2, 0.25) is 5.02 Å². The SMILES string of the molecule is O=C(NC1CCCC1)c1ccc(OC2CCN(CCO)CC2)c(Cl)c1. The molecule has 0 radical (unpaired) electrons. The number of hydrogen-bond donors (Lipinski definition) is 2. The normalized spacial score (nSPS) is 19.9. The number of nitrogens with zero attached hydrogens (tertiary/aromatic N) is 1. The van der Waals surface area contributed by atoms with Crippen molar-refractivity contribution < 1.29 is 14.6 Å². The van der Waals surface area contributed by atoms with Crippen LogP contribution in [0.15, 0.2) is 18.2 Å². The van der Waals surface area contributed by atoms with Crippen LogP contribution < -0.4 is 10.1 Å². The Kier molecular flexibility index (Phi) is 6.57. The number of benzene rings is 1. The Morgan fingerprint density at radius 3 is 2.60 bits per heavy atom. The van der Waals surface area contributed by atoms with Gasteiger partial charge < -0.3 is 20.1 Å². The molecule has 3 rings (SSSR count). The first-order valence-corrected chi connectivity index (χ1v) is 9.64. The third kappa shape index (κ3) is 5.09. The number of amides is 1. The average molecular weight is 367 g/mol. The zero-order valence-electron chi connectivity index (χ0n) is 14.5. The Balaban J connectivity index is 1.54. The lowest BCUT2D eigenvalue weighted by Gasteiger charge is -2.31. The molecule has 0 unspecified atom stereocenters. The van der Waals surface area contributed by atoms with Crippen LogP contribution in [0.4, 0.5) is 0 Å². The van der Waals surface area contributed by atoms with E-state index < -0.39 is 0 Å². The van der Waals surface area contributed by atoms with Crippen molar-refractivity contribution in [3.63, 3.8) is 0 Å². The summed E-state index contributed by atoms with van der Waals surface area (Å²) < 4.78 is 6.03. The molecule has 1 heterocycles. The Bertz CT molecular complexity index is 582. The van der Waals surface area contributed by atoms with Gasteiger partial charge in [0.15, 0.2) is 0 Å². The molecule has 25 heavy (non-hydrogen) atoms. The third-order valence-corrected chi connectivity index (χ3v) is 5.42. The number of aliphatic hydroxyl groups excluding tert-OH is 1. The summed E-state index contributed by atoms with van der Waals surface area (Å²) in [6, 6.07) is 5.58. The Morgan fingerprint density at radius 1 is 1.24 bits per heavy atom. The highest BCUT2D eigenvalue weighted by molar-refractivity contribution is 6.32. The van der Waals surface area contributed by atoms with Crippen molar-refractivity contribution in [2.24, 2.45) is 0 Å². The zero-order valence-corrected chi connectivity index (χ0v) is 15.3. The number of nitrogens with one attached hydrogen (secondary N) is 1. The summed E-state index contributed by atoms with van der Waals surface area (Å²) in [6.45, 7) is 2.76. The molecule has 138 valence electrons. The van der Waals surface area contributed by atoms with Crippen LogP contribution in [-0.2, 0) is 0 Å². The molecule has 1 aliphatic carbocycles. The standard InChI is InChI=1S/C19H27ClN2O3/c20-17-13-14(19(24)21-15-3-1-2-4-15)5-6-18(17)25-16-7-9-22(10-8-16)11-12-23/h5-6,13,15-16,23H,1-4,7-12H2,(H,21,24). The van der Waals surface area contributed by atoms with Crippen LogP contribution in [0, 0.1) is 0 Å². The summed E-state index contributed by atoms with van der Waals surface area (Å²) in [5.74, 6) is 0.581. The Hall–Kier alpha value is -1.30. The first-order valence-electron chi connectivity index (χ1n) is 9.26. The molecular formula is C19H27ClN2O3. The van der Waals surface area contributed by atoms with Crippen molar-refractivity contribution in [1.82, 2.24) is 10.2 Å².